The number of nitrogens with zero attached hydrogens (tertiary/aromatic N) is 10. The van der Waals surface area contributed by atoms with Crippen LogP contribution >= 0.6 is 0 Å². The largest absolute Gasteiger partial charge is 0.497 e. The molecule has 0 amide bonds. The zero-order valence-electron chi connectivity index (χ0n) is 56.4. The smallest absolute Gasteiger partial charge is 0.234 e. The van der Waals surface area contributed by atoms with Crippen molar-refractivity contribution in [3.05, 3.63) is 190 Å². The standard InChI is InChI=1S/C77H92N10O9/c1-91-43-19-17-37-86(49-59-29-31-61(93-3)45-67(59)95-5)76-71(84-41-35-63(65(88)51-84)82-39-33-53-21-13-15-27-57(53)47-82)69(78-74(80-76)55-23-9-7-10-24-55)73(90)70-72(85-42-36-64(66(89)52-85)83-40-34-54-22-14-16-28-58(54)48-83)77(81-75(79-70)56-25-11-8-12-26-56)87(38-18-20-44-92-2)50-60-30-32-62(94-4)46-68(60)96-6/h7-16,21-32,45-46,63-66,88-89H,17-20,33-44,47-52H2,1-6H3/t63-,64-,65-,66-/m1/s1. The number of unbranched alkanes of at least 4 members (excludes halogenated alkanes) is 2. The molecule has 19 nitrogen and oxygen atoms in total. The quantitative estimate of drug-likeness (QED) is 0.0348. The van der Waals surface area contributed by atoms with E-state index in [0.29, 0.717) is 147 Å². The number of ether oxygens (including phenoxy) is 6. The number of carbonyl (C=O) groups is 1. The van der Waals surface area contributed by atoms with Gasteiger partial charge in [-0.25, -0.2) is 19.9 Å². The number of piperidine rings is 2. The van der Waals surface area contributed by atoms with E-state index in [1.54, 1.807) is 42.7 Å². The van der Waals surface area contributed by atoms with Crippen LogP contribution in [-0.2, 0) is 48.5 Å². The number of aliphatic hydroxyl groups is 2. The van der Waals surface area contributed by atoms with Crippen molar-refractivity contribution in [2.75, 3.05) is 128 Å². The Balaban J connectivity index is 1.08. The fourth-order valence-electron chi connectivity index (χ4n) is 14.5. The molecule has 0 aliphatic carbocycles. The molecule has 6 aromatic carbocycles. The monoisotopic (exact) mass is 1300 g/mol. The minimum atomic E-state index is -0.825. The molecule has 0 radical (unpaired) electrons. The first-order valence-electron chi connectivity index (χ1n) is 33.9. The fraction of sp³-hybridized carbons (Fsp3) is 0.416. The number of hydrogen-bond donors (Lipinski definition) is 2. The summed E-state index contributed by atoms with van der Waals surface area (Å²) in [5.41, 5.74) is 9.60. The molecule has 2 fully saturated rings. The molecular formula is C77H92N10O9. The first kappa shape index (κ1) is 67.3. The molecule has 0 bridgehead atoms. The highest BCUT2D eigenvalue weighted by Gasteiger charge is 2.42. The molecule has 6 heterocycles. The number of aromatic nitrogens is 4. The van der Waals surface area contributed by atoms with Crippen LogP contribution in [0.25, 0.3) is 22.8 Å². The molecule has 504 valence electrons. The van der Waals surface area contributed by atoms with Gasteiger partial charge in [0.2, 0.25) is 5.78 Å². The maximum atomic E-state index is 17.7. The summed E-state index contributed by atoms with van der Waals surface area (Å²) in [7, 11) is 10.0. The van der Waals surface area contributed by atoms with Crippen LogP contribution in [0, 0.1) is 0 Å². The number of β-amino-alcohol motifs (C(OH)–C–C–N with tert-alkyl or cyclic N) is 2. The third kappa shape index (κ3) is 15.3. The predicted molar refractivity (Wildman–Crippen MR) is 376 cm³/mol. The van der Waals surface area contributed by atoms with E-state index >= 15 is 4.79 Å². The molecule has 19 heteroatoms. The van der Waals surface area contributed by atoms with Crippen molar-refractivity contribution in [2.24, 2.45) is 0 Å². The van der Waals surface area contributed by atoms with Gasteiger partial charge in [0.25, 0.3) is 0 Å². The van der Waals surface area contributed by atoms with Gasteiger partial charge >= 0.3 is 0 Å². The van der Waals surface area contributed by atoms with Gasteiger partial charge in [0.15, 0.2) is 23.3 Å². The van der Waals surface area contributed by atoms with Crippen molar-refractivity contribution >= 4 is 28.8 Å². The lowest BCUT2D eigenvalue weighted by Crippen LogP contribution is -2.55. The van der Waals surface area contributed by atoms with Crippen molar-refractivity contribution in [2.45, 2.75) is 102 Å². The van der Waals surface area contributed by atoms with Gasteiger partial charge in [-0.3, -0.25) is 14.6 Å². The van der Waals surface area contributed by atoms with Gasteiger partial charge in [0, 0.05) is 152 Å². The Morgan fingerprint density at radius 2 is 0.885 bits per heavy atom. The van der Waals surface area contributed by atoms with Crippen LogP contribution in [0.3, 0.4) is 0 Å². The molecule has 4 aliphatic rings. The van der Waals surface area contributed by atoms with Gasteiger partial charge in [-0.1, -0.05) is 109 Å². The van der Waals surface area contributed by atoms with Crippen LogP contribution in [0.2, 0.25) is 0 Å². The van der Waals surface area contributed by atoms with E-state index in [-0.39, 0.29) is 36.6 Å². The maximum absolute atomic E-state index is 17.7. The minimum Gasteiger partial charge on any atom is -0.497 e. The first-order valence-corrected chi connectivity index (χ1v) is 33.9. The van der Waals surface area contributed by atoms with Crippen molar-refractivity contribution in [3.63, 3.8) is 0 Å². The zero-order valence-corrected chi connectivity index (χ0v) is 56.4. The zero-order chi connectivity index (χ0) is 66.5. The van der Waals surface area contributed by atoms with Crippen LogP contribution in [-0.4, -0.2) is 178 Å². The Bertz CT molecular complexity index is 3650. The van der Waals surface area contributed by atoms with E-state index in [0.717, 1.165) is 63.0 Å². The topological polar surface area (TPSA) is 184 Å². The summed E-state index contributed by atoms with van der Waals surface area (Å²) < 4.78 is 35.0. The summed E-state index contributed by atoms with van der Waals surface area (Å²) in [5, 5.41) is 25.7. The lowest BCUT2D eigenvalue weighted by atomic mass is 9.93. The molecular weight excluding hydrogens is 1210 g/mol. The second-order valence-corrected chi connectivity index (χ2v) is 25.5. The second-order valence-electron chi connectivity index (χ2n) is 25.5. The van der Waals surface area contributed by atoms with E-state index in [9.17, 15) is 10.2 Å². The number of ketones is 1. The molecule has 0 saturated carbocycles. The molecule has 4 atom stereocenters. The summed E-state index contributed by atoms with van der Waals surface area (Å²) in [6, 6.07) is 48.2. The number of carbonyl (C=O) groups excluding carboxylic acids is 1. The lowest BCUT2D eigenvalue weighted by molar-refractivity contribution is 0.0294. The Hall–Kier alpha value is -8.69. The van der Waals surface area contributed by atoms with Gasteiger partial charge in [0.1, 0.15) is 45.8 Å². The molecule has 2 N–H and O–H groups in total. The van der Waals surface area contributed by atoms with E-state index in [2.05, 4.69) is 77.9 Å². The first-order chi connectivity index (χ1) is 47.1. The molecule has 12 rings (SSSR count). The van der Waals surface area contributed by atoms with Gasteiger partial charge in [-0.05, 0) is 97.9 Å². The van der Waals surface area contributed by atoms with Gasteiger partial charge < -0.3 is 58.2 Å². The van der Waals surface area contributed by atoms with E-state index < -0.39 is 18.0 Å². The summed E-state index contributed by atoms with van der Waals surface area (Å²) in [6.07, 6.45) is 4.25. The SMILES string of the molecule is COCCCCN(Cc1ccc(OC)cc1OC)c1nc(-c2ccccc2)nc(C(=O)c2nc(-c3ccccc3)nc(N(CCCCOC)Cc3ccc(OC)cc3OC)c2N2CC[C@@H](N3CCc4ccccc4C3)[C@H](O)C2)c1N1CC[C@@H](N2CCc3ccccc3C2)[C@H](O)C1. The molecule has 96 heavy (non-hydrogen) atoms. The number of anilines is 4. The fourth-order valence-corrected chi connectivity index (χ4v) is 14.5. The highest BCUT2D eigenvalue weighted by Crippen LogP contribution is 2.44. The highest BCUT2D eigenvalue weighted by atomic mass is 16.5. The number of fused-ring (bicyclic) bond motifs is 2. The second kappa shape index (κ2) is 31.9. The Morgan fingerprint density at radius 1 is 0.479 bits per heavy atom. The number of hydrogen-bond acceptors (Lipinski definition) is 19. The van der Waals surface area contributed by atoms with Crippen LogP contribution in [0.15, 0.2) is 146 Å². The molecule has 2 aromatic heterocycles. The Kier molecular flexibility index (Phi) is 22.4. The van der Waals surface area contributed by atoms with Crippen molar-refractivity contribution in [3.8, 4) is 45.8 Å². The van der Waals surface area contributed by atoms with Crippen LogP contribution < -0.4 is 38.5 Å². The van der Waals surface area contributed by atoms with Gasteiger partial charge in [-0.2, -0.15) is 0 Å². The number of methoxy groups -OCH3 is 6. The third-order valence-electron chi connectivity index (χ3n) is 19.6. The summed E-state index contributed by atoms with van der Waals surface area (Å²) in [5.74, 6) is 3.83. The molecule has 2 saturated heterocycles. The summed E-state index contributed by atoms with van der Waals surface area (Å²) in [6.45, 7) is 7.15. The third-order valence-corrected chi connectivity index (χ3v) is 19.6. The maximum Gasteiger partial charge on any atom is 0.234 e. The summed E-state index contributed by atoms with van der Waals surface area (Å²) >= 11 is 0. The average molecular weight is 1300 g/mol. The lowest BCUT2D eigenvalue weighted by Gasteiger charge is -2.45. The Labute approximate surface area is 565 Å². The van der Waals surface area contributed by atoms with Crippen molar-refractivity contribution < 1.29 is 43.4 Å². The van der Waals surface area contributed by atoms with E-state index in [1.165, 1.54) is 22.3 Å². The van der Waals surface area contributed by atoms with E-state index in [4.69, 9.17) is 48.4 Å². The normalized spacial score (nSPS) is 18.1. The van der Waals surface area contributed by atoms with Crippen LogP contribution in [0.1, 0.15) is 88.1 Å². The van der Waals surface area contributed by atoms with Crippen molar-refractivity contribution in [1.29, 1.82) is 0 Å². The number of rotatable bonds is 28. The highest BCUT2D eigenvalue weighted by molar-refractivity contribution is 6.15. The summed E-state index contributed by atoms with van der Waals surface area (Å²) in [4.78, 5) is 53.6. The molecule has 0 spiro atoms. The predicted octanol–water partition coefficient (Wildman–Crippen LogP) is 10.7. The van der Waals surface area contributed by atoms with Crippen LogP contribution in [0.4, 0.5) is 23.0 Å². The Morgan fingerprint density at radius 3 is 1.27 bits per heavy atom. The molecule has 4 aliphatic heterocycles. The van der Waals surface area contributed by atoms with Crippen LogP contribution in [0.5, 0.6) is 23.0 Å². The number of benzene rings is 6. The number of aliphatic hydroxyl groups excluding tert-OH is 2. The van der Waals surface area contributed by atoms with Gasteiger partial charge in [0.05, 0.1) is 40.6 Å². The van der Waals surface area contributed by atoms with Crippen molar-refractivity contribution in [1.82, 2.24) is 29.7 Å². The molecule has 0 unspecified atom stereocenters. The van der Waals surface area contributed by atoms with Gasteiger partial charge in [-0.15, -0.1) is 0 Å². The van der Waals surface area contributed by atoms with E-state index in [1.807, 2.05) is 97.1 Å². The average Bonchev–Trinajstić information content (AvgIpc) is 0.746. The molecule has 8 aromatic rings. The minimum absolute atomic E-state index is 0.121.